The van der Waals surface area contributed by atoms with Gasteiger partial charge in [0, 0.05) is 54.0 Å². The van der Waals surface area contributed by atoms with E-state index in [1.807, 2.05) is 12.3 Å². The molecule has 2 aromatic carbocycles. The Hall–Kier alpha value is -3.61. The number of hydrogen-bond acceptors (Lipinski definition) is 5. The fourth-order valence-electron chi connectivity index (χ4n) is 5.78. The second-order valence-electron chi connectivity index (χ2n) is 9.99. The number of morpholine rings is 1. The minimum absolute atomic E-state index is 0.462. The van der Waals surface area contributed by atoms with Crippen LogP contribution in [0.15, 0.2) is 73.1 Å². The van der Waals surface area contributed by atoms with Crippen LogP contribution in [-0.4, -0.2) is 56.6 Å². The van der Waals surface area contributed by atoms with Crippen molar-refractivity contribution in [2.24, 2.45) is 0 Å². The zero-order valence-corrected chi connectivity index (χ0v) is 20.5. The first kappa shape index (κ1) is 21.7. The summed E-state index contributed by atoms with van der Waals surface area (Å²) in [6, 6.07) is 21.7. The maximum atomic E-state index is 5.55. The largest absolute Gasteiger partial charge is 0.379 e. The molecule has 4 heterocycles. The Morgan fingerprint density at radius 1 is 0.889 bits per heavy atom. The van der Waals surface area contributed by atoms with Gasteiger partial charge in [-0.2, -0.15) is 0 Å². The molecule has 0 radical (unpaired) electrons. The second kappa shape index (κ2) is 8.80. The maximum Gasteiger partial charge on any atom is 0.117 e. The van der Waals surface area contributed by atoms with Crippen molar-refractivity contribution in [1.29, 1.82) is 0 Å². The zero-order valence-electron chi connectivity index (χ0n) is 20.5. The van der Waals surface area contributed by atoms with E-state index in [-0.39, 0.29) is 0 Å². The van der Waals surface area contributed by atoms with E-state index in [0.29, 0.717) is 12.0 Å². The quantitative estimate of drug-likeness (QED) is 0.344. The average Bonchev–Trinajstić information content (AvgIpc) is 3.29. The summed E-state index contributed by atoms with van der Waals surface area (Å²) in [5.41, 5.74) is 7.27. The summed E-state index contributed by atoms with van der Waals surface area (Å²) in [5, 5.41) is 1.13. The molecule has 0 atom stereocenters. The standard InChI is InChI=1S/C30H29N5O/c1-20-29-28(23-8-7-22-9-10-26(32-27(22)19-23)21-5-3-2-4-6-21)33-30(35(29)12-11-31-20)24-17-25(18-24)34-13-15-36-16-14-34/h2-12,19,24-25H,13-18H2,1H3. The number of pyridine rings is 1. The number of aromatic nitrogens is 4. The van der Waals surface area contributed by atoms with Crippen molar-refractivity contribution >= 4 is 16.4 Å². The zero-order chi connectivity index (χ0) is 24.1. The topological polar surface area (TPSA) is 55.5 Å². The molecule has 0 bridgehead atoms. The second-order valence-corrected chi connectivity index (χ2v) is 9.99. The van der Waals surface area contributed by atoms with Crippen molar-refractivity contribution in [3.8, 4) is 22.5 Å². The van der Waals surface area contributed by atoms with Crippen LogP contribution in [0.25, 0.3) is 38.9 Å². The van der Waals surface area contributed by atoms with Crippen LogP contribution in [0.5, 0.6) is 0 Å². The summed E-state index contributed by atoms with van der Waals surface area (Å²) >= 11 is 0. The first-order valence-corrected chi connectivity index (χ1v) is 12.9. The minimum atomic E-state index is 0.462. The molecule has 6 heteroatoms. The van der Waals surface area contributed by atoms with E-state index in [0.717, 1.165) is 89.6 Å². The first-order chi connectivity index (χ1) is 17.7. The number of aryl methyl sites for hydroxylation is 1. The molecule has 0 spiro atoms. The smallest absolute Gasteiger partial charge is 0.117 e. The summed E-state index contributed by atoms with van der Waals surface area (Å²) in [7, 11) is 0. The Balaban J connectivity index is 1.27. The molecule has 0 unspecified atom stereocenters. The van der Waals surface area contributed by atoms with Crippen LogP contribution >= 0.6 is 0 Å². The summed E-state index contributed by atoms with van der Waals surface area (Å²) in [4.78, 5) is 17.5. The van der Waals surface area contributed by atoms with Gasteiger partial charge >= 0.3 is 0 Å². The first-order valence-electron chi connectivity index (χ1n) is 12.9. The Morgan fingerprint density at radius 3 is 2.53 bits per heavy atom. The molecule has 2 aliphatic rings. The highest BCUT2D eigenvalue weighted by Crippen LogP contribution is 2.41. The van der Waals surface area contributed by atoms with E-state index >= 15 is 0 Å². The van der Waals surface area contributed by atoms with Crippen molar-refractivity contribution < 1.29 is 4.74 Å². The van der Waals surface area contributed by atoms with Crippen LogP contribution in [0.3, 0.4) is 0 Å². The average molecular weight is 476 g/mol. The van der Waals surface area contributed by atoms with Crippen molar-refractivity contribution in [2.75, 3.05) is 26.3 Å². The summed E-state index contributed by atoms with van der Waals surface area (Å²) in [6.07, 6.45) is 6.27. The van der Waals surface area contributed by atoms with E-state index in [9.17, 15) is 0 Å². The number of benzene rings is 2. The number of nitrogens with zero attached hydrogens (tertiary/aromatic N) is 5. The van der Waals surface area contributed by atoms with Gasteiger partial charge in [-0.25, -0.2) is 9.97 Å². The summed E-state index contributed by atoms with van der Waals surface area (Å²) < 4.78 is 7.82. The van der Waals surface area contributed by atoms with Gasteiger partial charge in [0.2, 0.25) is 0 Å². The van der Waals surface area contributed by atoms with Crippen molar-refractivity contribution in [2.45, 2.75) is 31.7 Å². The maximum absolute atomic E-state index is 5.55. The van der Waals surface area contributed by atoms with Crippen LogP contribution < -0.4 is 0 Å². The SMILES string of the molecule is Cc1nccn2c(C3CC(N4CCOCC4)C3)nc(-c3ccc4ccc(-c5ccccc5)nc4c3)c12. The fourth-order valence-corrected chi connectivity index (χ4v) is 5.78. The Morgan fingerprint density at radius 2 is 1.69 bits per heavy atom. The Bertz CT molecular complexity index is 1550. The molecular weight excluding hydrogens is 446 g/mol. The molecule has 2 fully saturated rings. The number of rotatable bonds is 4. The lowest BCUT2D eigenvalue weighted by molar-refractivity contribution is -0.00778. The molecule has 0 N–H and O–H groups in total. The van der Waals surface area contributed by atoms with Gasteiger partial charge in [0.1, 0.15) is 5.82 Å². The predicted octanol–water partition coefficient (Wildman–Crippen LogP) is 5.50. The molecule has 36 heavy (non-hydrogen) atoms. The lowest BCUT2D eigenvalue weighted by Gasteiger charge is -2.43. The molecule has 1 aliphatic heterocycles. The van der Waals surface area contributed by atoms with Crippen LogP contribution in [-0.2, 0) is 4.74 Å². The van der Waals surface area contributed by atoms with Crippen LogP contribution in [0, 0.1) is 6.92 Å². The van der Waals surface area contributed by atoms with Gasteiger partial charge in [0.05, 0.1) is 41.3 Å². The molecule has 7 rings (SSSR count). The van der Waals surface area contributed by atoms with Crippen molar-refractivity contribution in [1.82, 2.24) is 24.3 Å². The molecule has 3 aromatic heterocycles. The molecular formula is C30H29N5O. The molecule has 1 saturated carbocycles. The molecule has 1 saturated heterocycles. The van der Waals surface area contributed by atoms with Gasteiger partial charge in [-0.3, -0.25) is 14.3 Å². The van der Waals surface area contributed by atoms with E-state index in [4.69, 9.17) is 14.7 Å². The van der Waals surface area contributed by atoms with Gasteiger partial charge in [0.15, 0.2) is 0 Å². The molecule has 1 aliphatic carbocycles. The highest BCUT2D eigenvalue weighted by molar-refractivity contribution is 5.89. The third-order valence-electron chi connectivity index (χ3n) is 7.84. The third-order valence-corrected chi connectivity index (χ3v) is 7.84. The molecule has 5 aromatic rings. The molecule has 180 valence electrons. The highest BCUT2D eigenvalue weighted by atomic mass is 16.5. The molecule has 0 amide bonds. The monoisotopic (exact) mass is 475 g/mol. The van der Waals surface area contributed by atoms with Gasteiger partial charge in [-0.05, 0) is 31.9 Å². The number of fused-ring (bicyclic) bond motifs is 2. The van der Waals surface area contributed by atoms with Gasteiger partial charge in [-0.15, -0.1) is 0 Å². The van der Waals surface area contributed by atoms with Crippen LogP contribution in [0.4, 0.5) is 0 Å². The van der Waals surface area contributed by atoms with Gasteiger partial charge in [0.25, 0.3) is 0 Å². The van der Waals surface area contributed by atoms with Crippen LogP contribution in [0.2, 0.25) is 0 Å². The number of hydrogen-bond donors (Lipinski definition) is 0. The van der Waals surface area contributed by atoms with Gasteiger partial charge in [-0.1, -0.05) is 48.5 Å². The highest BCUT2D eigenvalue weighted by Gasteiger charge is 2.38. The fraction of sp³-hybridized carbons (Fsp3) is 0.300. The van der Waals surface area contributed by atoms with E-state index in [1.165, 1.54) is 0 Å². The van der Waals surface area contributed by atoms with Crippen molar-refractivity contribution in [3.05, 3.63) is 84.6 Å². The Labute approximate surface area is 210 Å². The lowest BCUT2D eigenvalue weighted by atomic mass is 9.78. The molecule has 6 nitrogen and oxygen atoms in total. The normalized spacial score (nSPS) is 20.6. The van der Waals surface area contributed by atoms with E-state index < -0.39 is 0 Å². The van der Waals surface area contributed by atoms with E-state index in [1.54, 1.807) is 0 Å². The predicted molar refractivity (Wildman–Crippen MR) is 142 cm³/mol. The van der Waals surface area contributed by atoms with Crippen LogP contribution in [0.1, 0.15) is 30.3 Å². The Kier molecular flexibility index (Phi) is 5.29. The summed E-state index contributed by atoms with van der Waals surface area (Å²) in [5.74, 6) is 1.62. The van der Waals surface area contributed by atoms with Crippen molar-refractivity contribution in [3.63, 3.8) is 0 Å². The van der Waals surface area contributed by atoms with Gasteiger partial charge < -0.3 is 4.74 Å². The lowest BCUT2D eigenvalue weighted by Crippen LogP contribution is -2.49. The number of ether oxygens (including phenoxy) is 1. The minimum Gasteiger partial charge on any atom is -0.379 e. The summed E-state index contributed by atoms with van der Waals surface area (Å²) in [6.45, 7) is 5.87. The number of imidazole rings is 1. The van der Waals surface area contributed by atoms with E-state index in [2.05, 4.69) is 82.0 Å². The third kappa shape index (κ3) is 3.69.